The van der Waals surface area contributed by atoms with Crippen molar-refractivity contribution in [3.05, 3.63) is 82.4 Å². The summed E-state index contributed by atoms with van der Waals surface area (Å²) in [6.07, 6.45) is 0. The quantitative estimate of drug-likeness (QED) is 0.235. The van der Waals surface area contributed by atoms with Crippen LogP contribution in [0.15, 0.2) is 54.6 Å². The van der Waals surface area contributed by atoms with Gasteiger partial charge >= 0.3 is 27.6 Å². The highest BCUT2D eigenvalue weighted by atomic mass is 31.2. The van der Waals surface area contributed by atoms with Gasteiger partial charge in [0.15, 0.2) is 5.60 Å². The number of carbonyl (C=O) groups excluding carboxylic acids is 1. The first-order valence-electron chi connectivity index (χ1n) is 9.85. The van der Waals surface area contributed by atoms with Crippen molar-refractivity contribution in [3.8, 4) is 23.0 Å². The van der Waals surface area contributed by atoms with E-state index in [1.165, 1.54) is 42.5 Å². The molecule has 0 fully saturated rings. The lowest BCUT2D eigenvalue weighted by atomic mass is 9.77. The number of carbonyl (C=O) groups is 2. The van der Waals surface area contributed by atoms with Gasteiger partial charge in [-0.3, -0.25) is 19.6 Å². The second-order valence-electron chi connectivity index (χ2n) is 7.72. The molecule has 0 radical (unpaired) electrons. The van der Waals surface area contributed by atoms with E-state index >= 15 is 0 Å². The average Bonchev–Trinajstić information content (AvgIpc) is 3.03. The predicted octanol–water partition coefficient (Wildman–Crippen LogP) is 2.90. The number of ether oxygens (including phenoxy) is 2. The minimum absolute atomic E-state index is 0.0601. The Morgan fingerprint density at radius 2 is 1.31 bits per heavy atom. The van der Waals surface area contributed by atoms with E-state index in [2.05, 4.69) is 9.05 Å². The molecule has 15 heteroatoms. The van der Waals surface area contributed by atoms with Crippen molar-refractivity contribution in [3.63, 3.8) is 0 Å². The third-order valence-corrected chi connectivity index (χ3v) is 6.34. The molecule has 0 atom stereocenters. The van der Waals surface area contributed by atoms with Crippen LogP contribution in [0.1, 0.15) is 37.4 Å². The van der Waals surface area contributed by atoms with E-state index in [4.69, 9.17) is 29.0 Å². The lowest BCUT2D eigenvalue weighted by Gasteiger charge is -2.36. The summed E-state index contributed by atoms with van der Waals surface area (Å²) in [5.41, 5.74) is -1.38. The van der Waals surface area contributed by atoms with E-state index in [0.717, 1.165) is 12.1 Å². The zero-order chi connectivity index (χ0) is 26.0. The van der Waals surface area contributed by atoms with Crippen LogP contribution in [-0.4, -0.2) is 36.6 Å². The lowest BCUT2D eigenvalue weighted by molar-refractivity contribution is 0.0224. The van der Waals surface area contributed by atoms with Gasteiger partial charge in [-0.2, -0.15) is 0 Å². The molecule has 2 heterocycles. The number of carboxylic acid groups (broad SMARTS) is 1. The molecule has 1 spiro atoms. The zero-order valence-corrected chi connectivity index (χ0v) is 19.4. The minimum Gasteiger partial charge on any atom is -0.478 e. The Balaban J connectivity index is 1.78. The molecule has 0 unspecified atom stereocenters. The molecule has 0 saturated heterocycles. The van der Waals surface area contributed by atoms with E-state index in [-0.39, 0.29) is 50.8 Å². The highest BCUT2D eigenvalue weighted by molar-refractivity contribution is 7.47. The summed E-state index contributed by atoms with van der Waals surface area (Å²) in [4.78, 5) is 61.2. The van der Waals surface area contributed by atoms with Gasteiger partial charge in [0.05, 0.1) is 11.1 Å². The maximum Gasteiger partial charge on any atom is 0.524 e. The van der Waals surface area contributed by atoms with Gasteiger partial charge in [0.1, 0.15) is 23.0 Å². The van der Waals surface area contributed by atoms with Gasteiger partial charge < -0.3 is 23.6 Å². The molecule has 0 saturated carbocycles. The molecule has 2 aliphatic heterocycles. The highest BCUT2D eigenvalue weighted by Gasteiger charge is 2.54. The molecule has 2 aliphatic rings. The Hall–Kier alpha value is -3.70. The summed E-state index contributed by atoms with van der Waals surface area (Å²) in [6.45, 7) is 0. The van der Waals surface area contributed by atoms with Gasteiger partial charge in [-0.05, 0) is 42.5 Å². The molecule has 36 heavy (non-hydrogen) atoms. The fourth-order valence-corrected chi connectivity index (χ4v) is 4.98. The molecular formula is C21H14O13P2. The third-order valence-electron chi connectivity index (χ3n) is 5.44. The van der Waals surface area contributed by atoms with Gasteiger partial charge in [0.2, 0.25) is 0 Å². The number of aromatic carboxylic acids is 1. The standard InChI is InChI=1S/C21H14O13P2/c22-19(23)10-1-4-13-16(7-10)21(32-20(13)24)14-5-2-11(33-35(25,26)27)8-17(14)31-18-9-12(3-6-15(18)21)34-36(28,29)30/h1-9H,(H,22,23)(H2,25,26,27)(H2,28,29,30). The number of benzene rings is 3. The first-order valence-corrected chi connectivity index (χ1v) is 12.9. The topological polar surface area (TPSA) is 206 Å². The number of hydrogen-bond acceptors (Lipinski definition) is 8. The number of phosphoric ester groups is 2. The van der Waals surface area contributed by atoms with Crippen molar-refractivity contribution < 1.29 is 61.9 Å². The zero-order valence-electron chi connectivity index (χ0n) is 17.6. The number of phosphoric acid groups is 2. The van der Waals surface area contributed by atoms with Crippen LogP contribution in [0.4, 0.5) is 0 Å². The van der Waals surface area contributed by atoms with Crippen LogP contribution < -0.4 is 13.8 Å². The van der Waals surface area contributed by atoms with Crippen molar-refractivity contribution in [2.75, 3.05) is 0 Å². The second-order valence-corrected chi connectivity index (χ2v) is 10.0. The predicted molar refractivity (Wildman–Crippen MR) is 117 cm³/mol. The summed E-state index contributed by atoms with van der Waals surface area (Å²) >= 11 is 0. The fraction of sp³-hybridized carbons (Fsp3) is 0.0476. The number of esters is 1. The Morgan fingerprint density at radius 3 is 1.78 bits per heavy atom. The normalized spacial score (nSPS) is 15.3. The van der Waals surface area contributed by atoms with Crippen LogP contribution in [0.2, 0.25) is 0 Å². The Kier molecular flexibility index (Phi) is 5.27. The van der Waals surface area contributed by atoms with Gasteiger partial charge in [0.25, 0.3) is 0 Å². The van der Waals surface area contributed by atoms with E-state index in [0.29, 0.717) is 0 Å². The SMILES string of the molecule is O=C(O)c1ccc2c(c1)C1(OC2=O)c2ccc(OP(=O)(O)O)cc2Oc2cc(OP(=O)(O)O)ccc21. The van der Waals surface area contributed by atoms with Crippen LogP contribution in [0.25, 0.3) is 0 Å². The Bertz CT molecular complexity index is 1480. The monoisotopic (exact) mass is 536 g/mol. The molecule has 186 valence electrons. The number of carboxylic acids is 1. The molecule has 3 aromatic carbocycles. The largest absolute Gasteiger partial charge is 0.524 e. The summed E-state index contributed by atoms with van der Waals surface area (Å²) in [5, 5.41) is 9.52. The second kappa shape index (κ2) is 7.90. The van der Waals surface area contributed by atoms with Crippen molar-refractivity contribution in [2.45, 2.75) is 5.60 Å². The van der Waals surface area contributed by atoms with Crippen LogP contribution >= 0.6 is 15.6 Å². The van der Waals surface area contributed by atoms with Gasteiger partial charge in [0, 0.05) is 28.8 Å². The van der Waals surface area contributed by atoms with E-state index in [1.807, 2.05) is 0 Å². The summed E-state index contributed by atoms with van der Waals surface area (Å²) in [5.74, 6) is -2.84. The first kappa shape index (κ1) is 24.0. The van der Waals surface area contributed by atoms with Gasteiger partial charge in [-0.1, -0.05) is 0 Å². The summed E-state index contributed by atoms with van der Waals surface area (Å²) in [7, 11) is -9.90. The van der Waals surface area contributed by atoms with Crippen LogP contribution in [-0.2, 0) is 19.5 Å². The molecule has 5 N–H and O–H groups in total. The Labute approximate surface area is 200 Å². The molecular weight excluding hydrogens is 522 g/mol. The maximum absolute atomic E-state index is 12.9. The third kappa shape index (κ3) is 4.03. The molecule has 5 rings (SSSR count). The minimum atomic E-state index is -4.95. The van der Waals surface area contributed by atoms with Gasteiger partial charge in [-0.15, -0.1) is 0 Å². The molecule has 0 aliphatic carbocycles. The van der Waals surface area contributed by atoms with Crippen molar-refractivity contribution in [1.29, 1.82) is 0 Å². The van der Waals surface area contributed by atoms with E-state index in [1.54, 1.807) is 0 Å². The van der Waals surface area contributed by atoms with Crippen molar-refractivity contribution in [2.24, 2.45) is 0 Å². The molecule has 0 amide bonds. The van der Waals surface area contributed by atoms with Gasteiger partial charge in [-0.25, -0.2) is 18.7 Å². The smallest absolute Gasteiger partial charge is 0.478 e. The van der Waals surface area contributed by atoms with Crippen molar-refractivity contribution in [1.82, 2.24) is 0 Å². The van der Waals surface area contributed by atoms with Crippen LogP contribution in [0.5, 0.6) is 23.0 Å². The van der Waals surface area contributed by atoms with Crippen LogP contribution in [0, 0.1) is 0 Å². The van der Waals surface area contributed by atoms with Crippen LogP contribution in [0.3, 0.4) is 0 Å². The fourth-order valence-electron chi connectivity index (χ4n) is 4.20. The Morgan fingerprint density at radius 1 is 0.778 bits per heavy atom. The number of fused-ring (bicyclic) bond motifs is 6. The number of hydrogen-bond donors (Lipinski definition) is 5. The lowest BCUT2D eigenvalue weighted by Crippen LogP contribution is -2.33. The summed E-state index contributed by atoms with van der Waals surface area (Å²) in [6, 6.07) is 11.1. The average molecular weight is 536 g/mol. The highest BCUT2D eigenvalue weighted by Crippen LogP contribution is 2.58. The first-order chi connectivity index (χ1) is 16.8. The van der Waals surface area contributed by atoms with E-state index in [9.17, 15) is 23.8 Å². The molecule has 13 nitrogen and oxygen atoms in total. The van der Waals surface area contributed by atoms with E-state index < -0.39 is 33.2 Å². The molecule has 0 bridgehead atoms. The summed E-state index contributed by atoms with van der Waals surface area (Å²) < 4.78 is 43.5. The molecule has 0 aromatic heterocycles. The van der Waals surface area contributed by atoms with Crippen molar-refractivity contribution >= 4 is 27.6 Å². The molecule has 3 aromatic rings. The number of rotatable bonds is 5. The maximum atomic E-state index is 12.9.